The smallest absolute Gasteiger partial charge is 0.319 e. The minimum absolute atomic E-state index is 0.246. The lowest BCUT2D eigenvalue weighted by Gasteiger charge is -2.22. The van der Waals surface area contributed by atoms with Gasteiger partial charge in [-0.15, -0.1) is 11.8 Å². The Hall–Kier alpha value is -1.69. The number of benzene rings is 2. The largest absolute Gasteiger partial charge is 0.325 e. The first kappa shape index (κ1) is 19.1. The van der Waals surface area contributed by atoms with E-state index in [1.807, 2.05) is 31.2 Å². The van der Waals surface area contributed by atoms with Crippen LogP contribution in [-0.2, 0) is 10.3 Å². The zero-order chi connectivity index (χ0) is 18.9. The Labute approximate surface area is 166 Å². The number of imide groups is 1. The molecule has 26 heavy (non-hydrogen) atoms. The summed E-state index contributed by atoms with van der Waals surface area (Å²) in [6.45, 7) is 4.00. The summed E-state index contributed by atoms with van der Waals surface area (Å²) in [5.74, 6) is 0.285. The normalized spacial score (nSPS) is 19.8. The topological polar surface area (TPSA) is 49.4 Å². The highest BCUT2D eigenvalue weighted by molar-refractivity contribution is 7.99. The number of nitrogens with one attached hydrogen (secondary N) is 1. The fourth-order valence-corrected chi connectivity index (χ4v) is 4.25. The predicted octanol–water partition coefficient (Wildman–Crippen LogP) is 4.86. The van der Waals surface area contributed by atoms with E-state index in [1.165, 1.54) is 16.7 Å². The van der Waals surface area contributed by atoms with Crippen molar-refractivity contribution in [3.8, 4) is 0 Å². The summed E-state index contributed by atoms with van der Waals surface area (Å²) in [6.07, 6.45) is 0. The Morgan fingerprint density at radius 2 is 1.81 bits per heavy atom. The molecule has 1 fully saturated rings. The molecular weight excluding hydrogens is 391 g/mol. The summed E-state index contributed by atoms with van der Waals surface area (Å²) in [5, 5.41) is 4.01. The maximum atomic E-state index is 12.9. The van der Waals surface area contributed by atoms with Crippen molar-refractivity contribution in [1.29, 1.82) is 0 Å². The van der Waals surface area contributed by atoms with Gasteiger partial charge in [0.25, 0.3) is 5.91 Å². The van der Waals surface area contributed by atoms with Gasteiger partial charge in [0, 0.05) is 22.2 Å². The van der Waals surface area contributed by atoms with Crippen LogP contribution in [-0.4, -0.2) is 29.1 Å². The molecule has 7 heteroatoms. The first-order valence-corrected chi connectivity index (χ1v) is 9.84. The van der Waals surface area contributed by atoms with Gasteiger partial charge < -0.3 is 5.32 Å². The summed E-state index contributed by atoms with van der Waals surface area (Å²) in [6, 6.07) is 12.5. The summed E-state index contributed by atoms with van der Waals surface area (Å²) in [7, 11) is 0. The second-order valence-electron chi connectivity index (χ2n) is 6.30. The van der Waals surface area contributed by atoms with Crippen LogP contribution in [0, 0.1) is 6.92 Å². The first-order chi connectivity index (χ1) is 12.3. The van der Waals surface area contributed by atoms with E-state index in [9.17, 15) is 9.59 Å². The number of rotatable bonds is 5. The maximum absolute atomic E-state index is 12.9. The average molecular weight is 409 g/mol. The Bertz CT molecular complexity index is 857. The van der Waals surface area contributed by atoms with Gasteiger partial charge in [0.1, 0.15) is 5.54 Å². The summed E-state index contributed by atoms with van der Waals surface area (Å²) in [4.78, 5) is 27.3. The van der Waals surface area contributed by atoms with Crippen molar-refractivity contribution in [2.45, 2.75) is 24.3 Å². The van der Waals surface area contributed by atoms with Crippen molar-refractivity contribution in [1.82, 2.24) is 10.2 Å². The third kappa shape index (κ3) is 3.70. The third-order valence-electron chi connectivity index (χ3n) is 4.37. The van der Waals surface area contributed by atoms with E-state index < -0.39 is 5.54 Å². The molecule has 0 radical (unpaired) electrons. The highest BCUT2D eigenvalue weighted by atomic mass is 35.5. The number of amides is 3. The maximum Gasteiger partial charge on any atom is 0.325 e. The van der Waals surface area contributed by atoms with Gasteiger partial charge in [0.15, 0.2) is 0 Å². The molecule has 3 amide bonds. The second kappa shape index (κ2) is 7.51. The number of halogens is 2. The molecule has 136 valence electrons. The molecule has 1 aliphatic heterocycles. The molecule has 2 aromatic carbocycles. The number of nitrogens with zero attached hydrogens (tertiary/aromatic N) is 1. The highest BCUT2D eigenvalue weighted by Gasteiger charge is 2.48. The number of aryl methyl sites for hydroxylation is 1. The Morgan fingerprint density at radius 3 is 2.50 bits per heavy atom. The SMILES string of the molecule is Cc1ccc([C@@]2(C)NC(=O)N(CCSc3cc(Cl)ccc3Cl)C2=O)cc1. The molecule has 0 aliphatic carbocycles. The van der Waals surface area contributed by atoms with Gasteiger partial charge in [-0.1, -0.05) is 53.0 Å². The molecule has 0 unspecified atom stereocenters. The summed E-state index contributed by atoms with van der Waals surface area (Å²) in [5.41, 5.74) is 0.832. The van der Waals surface area contributed by atoms with Crippen molar-refractivity contribution in [2.75, 3.05) is 12.3 Å². The quantitative estimate of drug-likeness (QED) is 0.567. The zero-order valence-electron chi connectivity index (χ0n) is 14.4. The van der Waals surface area contributed by atoms with E-state index in [4.69, 9.17) is 23.2 Å². The predicted molar refractivity (Wildman–Crippen MR) is 106 cm³/mol. The van der Waals surface area contributed by atoms with Crippen molar-refractivity contribution < 1.29 is 9.59 Å². The van der Waals surface area contributed by atoms with Crippen molar-refractivity contribution in [3.05, 3.63) is 63.6 Å². The van der Waals surface area contributed by atoms with Crippen LogP contribution in [0.4, 0.5) is 4.79 Å². The molecule has 0 saturated carbocycles. The molecule has 4 nitrogen and oxygen atoms in total. The number of hydrogen-bond acceptors (Lipinski definition) is 3. The second-order valence-corrected chi connectivity index (χ2v) is 8.28. The number of carbonyl (C=O) groups excluding carboxylic acids is 2. The monoisotopic (exact) mass is 408 g/mol. The number of carbonyl (C=O) groups is 2. The molecule has 1 N–H and O–H groups in total. The van der Waals surface area contributed by atoms with Gasteiger partial charge in [0.2, 0.25) is 0 Å². The van der Waals surface area contributed by atoms with Crippen LogP contribution >= 0.6 is 35.0 Å². The van der Waals surface area contributed by atoms with E-state index in [0.29, 0.717) is 22.3 Å². The minimum Gasteiger partial charge on any atom is -0.319 e. The molecule has 0 bridgehead atoms. The highest BCUT2D eigenvalue weighted by Crippen LogP contribution is 2.32. The van der Waals surface area contributed by atoms with Crippen molar-refractivity contribution in [3.63, 3.8) is 0 Å². The van der Waals surface area contributed by atoms with E-state index >= 15 is 0 Å². The Kier molecular flexibility index (Phi) is 5.51. The minimum atomic E-state index is -1.04. The third-order valence-corrected chi connectivity index (χ3v) is 6.08. The van der Waals surface area contributed by atoms with Crippen molar-refractivity contribution in [2.24, 2.45) is 0 Å². The first-order valence-electron chi connectivity index (χ1n) is 8.10. The lowest BCUT2D eigenvalue weighted by molar-refractivity contribution is -0.130. The number of hydrogen-bond donors (Lipinski definition) is 1. The van der Waals surface area contributed by atoms with Crippen LogP contribution in [0.15, 0.2) is 47.4 Å². The van der Waals surface area contributed by atoms with E-state index in [0.717, 1.165) is 16.0 Å². The standard InChI is InChI=1S/C19H18Cl2N2O2S/c1-12-3-5-13(6-4-12)19(2)17(24)23(18(25)22-19)9-10-26-16-11-14(20)7-8-15(16)21/h3-8,11H,9-10H2,1-2H3,(H,22,25)/t19-/m1/s1. The molecule has 2 aromatic rings. The molecule has 1 aliphatic rings. The van der Waals surface area contributed by atoms with Crippen LogP contribution in [0.2, 0.25) is 10.0 Å². The van der Waals surface area contributed by atoms with Gasteiger partial charge in [0.05, 0.1) is 5.02 Å². The molecule has 1 saturated heterocycles. The van der Waals surface area contributed by atoms with E-state index in [1.54, 1.807) is 25.1 Å². The summed E-state index contributed by atoms with van der Waals surface area (Å²) >= 11 is 13.6. The Balaban J connectivity index is 1.69. The molecule has 1 heterocycles. The van der Waals surface area contributed by atoms with Crippen LogP contribution in [0.1, 0.15) is 18.1 Å². The summed E-state index contributed by atoms with van der Waals surface area (Å²) < 4.78 is 0. The van der Waals surface area contributed by atoms with Gasteiger partial charge >= 0.3 is 6.03 Å². The molecule has 0 aromatic heterocycles. The molecular formula is C19H18Cl2N2O2S. The molecule has 3 rings (SSSR count). The fraction of sp³-hybridized carbons (Fsp3) is 0.263. The molecule has 0 spiro atoms. The van der Waals surface area contributed by atoms with Crippen LogP contribution < -0.4 is 5.32 Å². The van der Waals surface area contributed by atoms with Crippen LogP contribution in [0.25, 0.3) is 0 Å². The van der Waals surface area contributed by atoms with E-state index in [-0.39, 0.29) is 11.9 Å². The Morgan fingerprint density at radius 1 is 1.12 bits per heavy atom. The van der Waals surface area contributed by atoms with Gasteiger partial charge in [-0.2, -0.15) is 0 Å². The van der Waals surface area contributed by atoms with Gasteiger partial charge in [-0.05, 0) is 37.6 Å². The zero-order valence-corrected chi connectivity index (χ0v) is 16.7. The fourth-order valence-electron chi connectivity index (χ4n) is 2.82. The van der Waals surface area contributed by atoms with E-state index in [2.05, 4.69) is 5.32 Å². The van der Waals surface area contributed by atoms with Crippen LogP contribution in [0.5, 0.6) is 0 Å². The number of thioether (sulfide) groups is 1. The average Bonchev–Trinajstić information content (AvgIpc) is 2.82. The lowest BCUT2D eigenvalue weighted by Crippen LogP contribution is -2.41. The number of urea groups is 1. The van der Waals surface area contributed by atoms with Crippen LogP contribution in [0.3, 0.4) is 0 Å². The van der Waals surface area contributed by atoms with Gasteiger partial charge in [-0.25, -0.2) is 4.79 Å². The van der Waals surface area contributed by atoms with Crippen molar-refractivity contribution >= 4 is 46.9 Å². The van der Waals surface area contributed by atoms with Gasteiger partial charge in [-0.3, -0.25) is 9.69 Å². The molecule has 1 atom stereocenters. The lowest BCUT2D eigenvalue weighted by atomic mass is 9.91.